The number of benzene rings is 1. The van der Waals surface area contributed by atoms with Gasteiger partial charge in [-0.1, -0.05) is 12.1 Å². The number of nitrogens with two attached hydrogens (primary N) is 1. The summed E-state index contributed by atoms with van der Waals surface area (Å²) in [6.45, 7) is 2.98. The standard InChI is InChI=1S/C14H16N2O/c15-14-5-1-3-11-9-16(10-13(11)14)7-6-12-4-2-8-17-12/h1-5,8H,6-7,9-10,15H2. The molecular formula is C14H16N2O. The lowest BCUT2D eigenvalue weighted by Crippen LogP contribution is -2.19. The molecule has 1 aromatic heterocycles. The van der Waals surface area contributed by atoms with Crippen molar-refractivity contribution in [3.8, 4) is 0 Å². The van der Waals surface area contributed by atoms with Crippen LogP contribution in [0.1, 0.15) is 16.9 Å². The molecule has 88 valence electrons. The Bertz CT molecular complexity index is 505. The molecule has 0 atom stereocenters. The van der Waals surface area contributed by atoms with E-state index in [0.717, 1.165) is 37.5 Å². The highest BCUT2D eigenvalue weighted by molar-refractivity contribution is 5.52. The molecule has 0 spiro atoms. The van der Waals surface area contributed by atoms with Gasteiger partial charge in [0.1, 0.15) is 5.76 Å². The molecule has 0 unspecified atom stereocenters. The molecule has 0 fully saturated rings. The van der Waals surface area contributed by atoms with Gasteiger partial charge in [-0.05, 0) is 29.3 Å². The number of hydrogen-bond donors (Lipinski definition) is 1. The zero-order chi connectivity index (χ0) is 11.7. The second-order valence-corrected chi connectivity index (χ2v) is 4.52. The molecule has 3 rings (SSSR count). The van der Waals surface area contributed by atoms with Crippen molar-refractivity contribution < 1.29 is 4.42 Å². The minimum atomic E-state index is 0.919. The maximum Gasteiger partial charge on any atom is 0.105 e. The molecule has 17 heavy (non-hydrogen) atoms. The van der Waals surface area contributed by atoms with Crippen LogP contribution < -0.4 is 5.73 Å². The number of anilines is 1. The van der Waals surface area contributed by atoms with Crippen LogP contribution in [0.3, 0.4) is 0 Å². The molecule has 0 bridgehead atoms. The molecule has 3 heteroatoms. The zero-order valence-corrected chi connectivity index (χ0v) is 9.73. The van der Waals surface area contributed by atoms with E-state index >= 15 is 0 Å². The van der Waals surface area contributed by atoms with E-state index in [1.165, 1.54) is 11.1 Å². The third-order valence-electron chi connectivity index (χ3n) is 3.34. The van der Waals surface area contributed by atoms with Gasteiger partial charge in [0.15, 0.2) is 0 Å². The van der Waals surface area contributed by atoms with E-state index in [2.05, 4.69) is 11.0 Å². The van der Waals surface area contributed by atoms with Crippen LogP contribution in [0.4, 0.5) is 5.69 Å². The number of nitrogen functional groups attached to an aromatic ring is 1. The van der Waals surface area contributed by atoms with Crippen LogP contribution in [0.15, 0.2) is 41.0 Å². The van der Waals surface area contributed by atoms with Crippen LogP contribution in [0.5, 0.6) is 0 Å². The van der Waals surface area contributed by atoms with E-state index in [0.29, 0.717) is 0 Å². The number of fused-ring (bicyclic) bond motifs is 1. The van der Waals surface area contributed by atoms with Gasteiger partial charge in [-0.25, -0.2) is 0 Å². The first-order valence-corrected chi connectivity index (χ1v) is 5.94. The summed E-state index contributed by atoms with van der Waals surface area (Å²) in [5.41, 5.74) is 9.56. The van der Waals surface area contributed by atoms with E-state index < -0.39 is 0 Å². The Morgan fingerprint density at radius 2 is 2.12 bits per heavy atom. The summed E-state index contributed by atoms with van der Waals surface area (Å²) in [5, 5.41) is 0. The Hall–Kier alpha value is -1.74. The molecule has 0 radical (unpaired) electrons. The largest absolute Gasteiger partial charge is 0.469 e. The molecule has 2 heterocycles. The van der Waals surface area contributed by atoms with Gasteiger partial charge in [-0.2, -0.15) is 0 Å². The molecule has 0 saturated carbocycles. The van der Waals surface area contributed by atoms with Crippen LogP contribution >= 0.6 is 0 Å². The molecule has 1 aromatic carbocycles. The van der Waals surface area contributed by atoms with Crippen LogP contribution in [-0.4, -0.2) is 11.4 Å². The quantitative estimate of drug-likeness (QED) is 0.820. The summed E-state index contributed by atoms with van der Waals surface area (Å²) in [6.07, 6.45) is 2.69. The summed E-state index contributed by atoms with van der Waals surface area (Å²) < 4.78 is 5.34. The van der Waals surface area contributed by atoms with Gasteiger partial charge in [0.05, 0.1) is 6.26 Å². The molecule has 1 aliphatic heterocycles. The Morgan fingerprint density at radius 1 is 1.18 bits per heavy atom. The van der Waals surface area contributed by atoms with E-state index in [9.17, 15) is 0 Å². The number of rotatable bonds is 3. The Labute approximate surface area is 101 Å². The minimum absolute atomic E-state index is 0.919. The van der Waals surface area contributed by atoms with Crippen molar-refractivity contribution in [1.29, 1.82) is 0 Å². The van der Waals surface area contributed by atoms with Crippen molar-refractivity contribution >= 4 is 5.69 Å². The fourth-order valence-electron chi connectivity index (χ4n) is 2.40. The first kappa shape index (κ1) is 10.4. The molecule has 0 aliphatic carbocycles. The molecule has 0 amide bonds. The maximum absolute atomic E-state index is 5.98. The predicted molar refractivity (Wildman–Crippen MR) is 67.4 cm³/mol. The average Bonchev–Trinajstić information content (AvgIpc) is 2.95. The molecule has 2 N–H and O–H groups in total. The minimum Gasteiger partial charge on any atom is -0.469 e. The lowest BCUT2D eigenvalue weighted by molar-refractivity contribution is 0.280. The zero-order valence-electron chi connectivity index (χ0n) is 9.73. The van der Waals surface area contributed by atoms with Gasteiger partial charge in [0.2, 0.25) is 0 Å². The van der Waals surface area contributed by atoms with Crippen LogP contribution in [-0.2, 0) is 19.5 Å². The molecule has 0 saturated heterocycles. The first-order chi connectivity index (χ1) is 8.33. The summed E-state index contributed by atoms with van der Waals surface area (Å²) in [6, 6.07) is 10.1. The van der Waals surface area contributed by atoms with Crippen molar-refractivity contribution in [2.24, 2.45) is 0 Å². The number of furan rings is 1. The van der Waals surface area contributed by atoms with Crippen molar-refractivity contribution in [3.05, 3.63) is 53.5 Å². The normalized spacial score (nSPS) is 15.1. The smallest absolute Gasteiger partial charge is 0.105 e. The third kappa shape index (κ3) is 2.06. The summed E-state index contributed by atoms with van der Waals surface area (Å²) in [4.78, 5) is 2.41. The van der Waals surface area contributed by atoms with Gasteiger partial charge >= 0.3 is 0 Å². The fraction of sp³-hybridized carbons (Fsp3) is 0.286. The molecule has 3 nitrogen and oxygen atoms in total. The first-order valence-electron chi connectivity index (χ1n) is 5.94. The highest BCUT2D eigenvalue weighted by Crippen LogP contribution is 2.27. The van der Waals surface area contributed by atoms with Crippen molar-refractivity contribution in [1.82, 2.24) is 4.90 Å². The monoisotopic (exact) mass is 228 g/mol. The van der Waals surface area contributed by atoms with Crippen LogP contribution in [0.2, 0.25) is 0 Å². The van der Waals surface area contributed by atoms with Gasteiger partial charge in [0.25, 0.3) is 0 Å². The summed E-state index contributed by atoms with van der Waals surface area (Å²) in [7, 11) is 0. The average molecular weight is 228 g/mol. The highest BCUT2D eigenvalue weighted by atomic mass is 16.3. The van der Waals surface area contributed by atoms with Crippen molar-refractivity contribution in [2.45, 2.75) is 19.5 Å². The Balaban J connectivity index is 1.64. The fourth-order valence-corrected chi connectivity index (χ4v) is 2.40. The second kappa shape index (κ2) is 4.26. The van der Waals surface area contributed by atoms with Crippen molar-refractivity contribution in [2.75, 3.05) is 12.3 Å². The van der Waals surface area contributed by atoms with Gasteiger partial charge in [-0.15, -0.1) is 0 Å². The van der Waals surface area contributed by atoms with Crippen molar-refractivity contribution in [3.63, 3.8) is 0 Å². The predicted octanol–water partition coefficient (Wildman–Crippen LogP) is 2.42. The van der Waals surface area contributed by atoms with E-state index in [4.69, 9.17) is 10.2 Å². The highest BCUT2D eigenvalue weighted by Gasteiger charge is 2.20. The topological polar surface area (TPSA) is 42.4 Å². The van der Waals surface area contributed by atoms with Gasteiger partial charge in [-0.3, -0.25) is 4.90 Å². The van der Waals surface area contributed by atoms with Gasteiger partial charge < -0.3 is 10.2 Å². The Morgan fingerprint density at radius 3 is 2.88 bits per heavy atom. The summed E-state index contributed by atoms with van der Waals surface area (Å²) >= 11 is 0. The molecule has 1 aliphatic rings. The number of nitrogens with zero attached hydrogens (tertiary/aromatic N) is 1. The number of hydrogen-bond acceptors (Lipinski definition) is 3. The second-order valence-electron chi connectivity index (χ2n) is 4.52. The van der Waals surface area contributed by atoms with Crippen LogP contribution in [0, 0.1) is 0 Å². The van der Waals surface area contributed by atoms with Gasteiger partial charge in [0, 0.05) is 31.7 Å². The van der Waals surface area contributed by atoms with E-state index in [-0.39, 0.29) is 0 Å². The molecule has 2 aromatic rings. The van der Waals surface area contributed by atoms with E-state index in [1.54, 1.807) is 6.26 Å². The molecular weight excluding hydrogens is 212 g/mol. The SMILES string of the molecule is Nc1cccc2c1CN(CCc1ccco1)C2. The maximum atomic E-state index is 5.98. The lowest BCUT2D eigenvalue weighted by Gasteiger charge is -2.13. The summed E-state index contributed by atoms with van der Waals surface area (Å²) in [5.74, 6) is 1.05. The van der Waals surface area contributed by atoms with E-state index in [1.807, 2.05) is 24.3 Å². The van der Waals surface area contributed by atoms with Crippen LogP contribution in [0.25, 0.3) is 0 Å². The third-order valence-corrected chi connectivity index (χ3v) is 3.34. The Kier molecular flexibility index (Phi) is 2.61. The lowest BCUT2D eigenvalue weighted by atomic mass is 10.1.